The molecule has 0 aromatic carbocycles. The van der Waals surface area contributed by atoms with Gasteiger partial charge in [0, 0.05) is 32.2 Å². The number of aromatic nitrogens is 3. The lowest BCUT2D eigenvalue weighted by Crippen LogP contribution is -2.21. The Morgan fingerprint density at radius 1 is 1.50 bits per heavy atom. The first-order valence-electron chi connectivity index (χ1n) is 5.29. The number of carbonyl (C=O) groups is 1. The van der Waals surface area contributed by atoms with E-state index >= 15 is 0 Å². The van der Waals surface area contributed by atoms with E-state index in [1.54, 1.807) is 6.92 Å². The fourth-order valence-electron chi connectivity index (χ4n) is 1.50. The zero-order chi connectivity index (χ0) is 13.1. The van der Waals surface area contributed by atoms with E-state index in [9.17, 15) is 9.59 Å². The molecule has 0 bridgehead atoms. The summed E-state index contributed by atoms with van der Waals surface area (Å²) in [7, 11) is 0. The van der Waals surface area contributed by atoms with Gasteiger partial charge in [-0.3, -0.25) is 4.79 Å². The van der Waals surface area contributed by atoms with Crippen molar-refractivity contribution in [2.45, 2.75) is 19.9 Å². The molecule has 2 rings (SSSR count). The van der Waals surface area contributed by atoms with Crippen molar-refractivity contribution >= 4 is 5.97 Å². The zero-order valence-electron chi connectivity index (χ0n) is 9.66. The number of nitrogens with zero attached hydrogens (tertiary/aromatic N) is 3. The molecule has 7 heteroatoms. The van der Waals surface area contributed by atoms with Gasteiger partial charge < -0.3 is 14.2 Å². The number of hydrogen-bond acceptors (Lipinski definition) is 5. The van der Waals surface area contributed by atoms with Crippen LogP contribution < -0.4 is 5.56 Å². The van der Waals surface area contributed by atoms with E-state index in [0.717, 1.165) is 0 Å². The molecule has 0 fully saturated rings. The molecule has 0 aliphatic rings. The summed E-state index contributed by atoms with van der Waals surface area (Å²) in [6.45, 7) is 1.98. The van der Waals surface area contributed by atoms with Crippen LogP contribution in [-0.4, -0.2) is 25.8 Å². The van der Waals surface area contributed by atoms with E-state index < -0.39 is 5.97 Å². The van der Waals surface area contributed by atoms with Gasteiger partial charge in [-0.15, -0.1) is 0 Å². The predicted molar refractivity (Wildman–Crippen MR) is 60.4 cm³/mol. The normalized spacial score (nSPS) is 10.5. The minimum absolute atomic E-state index is 0.0684. The van der Waals surface area contributed by atoms with Crippen molar-refractivity contribution in [2.75, 3.05) is 0 Å². The maximum atomic E-state index is 11.5. The minimum atomic E-state index is -1.07. The molecule has 0 saturated carbocycles. The molecular weight excluding hydrogens is 238 g/mol. The average molecular weight is 249 g/mol. The number of aryl methyl sites for hydroxylation is 3. The number of carboxylic acids is 1. The quantitative estimate of drug-likeness (QED) is 0.846. The van der Waals surface area contributed by atoms with Crippen molar-refractivity contribution in [3.8, 4) is 0 Å². The van der Waals surface area contributed by atoms with Crippen LogP contribution in [0.2, 0.25) is 0 Å². The van der Waals surface area contributed by atoms with Gasteiger partial charge in [-0.25, -0.2) is 4.79 Å². The summed E-state index contributed by atoms with van der Waals surface area (Å²) in [6, 6.07) is 2.50. The Morgan fingerprint density at radius 2 is 2.28 bits per heavy atom. The second-order valence-corrected chi connectivity index (χ2v) is 3.73. The van der Waals surface area contributed by atoms with Crippen molar-refractivity contribution in [1.29, 1.82) is 0 Å². The molecule has 2 aromatic rings. The fourth-order valence-corrected chi connectivity index (χ4v) is 1.50. The van der Waals surface area contributed by atoms with E-state index in [1.165, 1.54) is 22.9 Å². The topological polar surface area (TPSA) is 98.2 Å². The third kappa shape index (κ3) is 2.62. The summed E-state index contributed by atoms with van der Waals surface area (Å²) in [5.74, 6) is -0.129. The third-order valence-corrected chi connectivity index (χ3v) is 2.38. The van der Waals surface area contributed by atoms with Crippen molar-refractivity contribution in [2.24, 2.45) is 0 Å². The van der Waals surface area contributed by atoms with Gasteiger partial charge in [-0.2, -0.15) is 4.98 Å². The van der Waals surface area contributed by atoms with E-state index in [-0.39, 0.29) is 11.1 Å². The summed E-state index contributed by atoms with van der Waals surface area (Å²) in [6.07, 6.45) is 1.71. The Morgan fingerprint density at radius 3 is 2.89 bits per heavy atom. The van der Waals surface area contributed by atoms with Crippen molar-refractivity contribution in [1.82, 2.24) is 14.7 Å². The van der Waals surface area contributed by atoms with Gasteiger partial charge in [0.1, 0.15) is 0 Å². The third-order valence-electron chi connectivity index (χ3n) is 2.38. The number of hydrogen-bond donors (Lipinski definition) is 1. The van der Waals surface area contributed by atoms with E-state index in [4.69, 9.17) is 9.63 Å². The Kier molecular flexibility index (Phi) is 3.22. The standard InChI is InChI=1S/C11H11N3O4/c1-7-12-9(13-18-7)4-5-14-6-8(11(16)17)2-3-10(14)15/h2-3,6H,4-5H2,1H3,(H,16,17). The fraction of sp³-hybridized carbons (Fsp3) is 0.273. The molecule has 0 spiro atoms. The molecule has 7 nitrogen and oxygen atoms in total. The van der Waals surface area contributed by atoms with E-state index in [2.05, 4.69) is 10.1 Å². The highest BCUT2D eigenvalue weighted by molar-refractivity contribution is 5.87. The van der Waals surface area contributed by atoms with Crippen molar-refractivity contribution < 1.29 is 14.4 Å². The van der Waals surface area contributed by atoms with Gasteiger partial charge >= 0.3 is 5.97 Å². The van der Waals surface area contributed by atoms with Crippen LogP contribution >= 0.6 is 0 Å². The predicted octanol–water partition coefficient (Wildman–Crippen LogP) is 0.481. The smallest absolute Gasteiger partial charge is 0.337 e. The lowest BCUT2D eigenvalue weighted by molar-refractivity contribution is 0.0696. The van der Waals surface area contributed by atoms with Gasteiger partial charge in [0.15, 0.2) is 5.82 Å². The summed E-state index contributed by atoms with van der Waals surface area (Å²) < 4.78 is 6.12. The summed E-state index contributed by atoms with van der Waals surface area (Å²) in [4.78, 5) is 26.3. The molecule has 2 heterocycles. The van der Waals surface area contributed by atoms with Gasteiger partial charge in [0.05, 0.1) is 5.56 Å². The summed E-state index contributed by atoms with van der Waals surface area (Å²) in [5, 5.41) is 12.5. The Hall–Kier alpha value is -2.44. The van der Waals surface area contributed by atoms with Crippen LogP contribution in [0.15, 0.2) is 27.6 Å². The Bertz CT molecular complexity index is 629. The van der Waals surface area contributed by atoms with Crippen LogP contribution in [0.25, 0.3) is 0 Å². The number of rotatable bonds is 4. The van der Waals surface area contributed by atoms with Gasteiger partial charge in [-0.05, 0) is 6.07 Å². The minimum Gasteiger partial charge on any atom is -0.478 e. The highest BCUT2D eigenvalue weighted by Crippen LogP contribution is 2.00. The molecule has 18 heavy (non-hydrogen) atoms. The molecule has 0 aliphatic heterocycles. The van der Waals surface area contributed by atoms with E-state index in [1.807, 2.05) is 0 Å². The van der Waals surface area contributed by atoms with Crippen LogP contribution in [0.1, 0.15) is 22.1 Å². The van der Waals surface area contributed by atoms with Crippen LogP contribution in [0.5, 0.6) is 0 Å². The van der Waals surface area contributed by atoms with Crippen molar-refractivity contribution in [3.05, 3.63) is 46.0 Å². The number of carboxylic acid groups (broad SMARTS) is 1. The molecule has 0 aliphatic carbocycles. The molecular formula is C11H11N3O4. The summed E-state index contributed by atoms with van der Waals surface area (Å²) >= 11 is 0. The summed E-state index contributed by atoms with van der Waals surface area (Å²) in [5.41, 5.74) is -0.195. The largest absolute Gasteiger partial charge is 0.478 e. The average Bonchev–Trinajstić information content (AvgIpc) is 2.74. The molecule has 94 valence electrons. The highest BCUT2D eigenvalue weighted by Gasteiger charge is 2.07. The van der Waals surface area contributed by atoms with Crippen LogP contribution in [0, 0.1) is 6.92 Å². The van der Waals surface area contributed by atoms with Crippen LogP contribution in [-0.2, 0) is 13.0 Å². The first kappa shape index (κ1) is 12.0. The maximum Gasteiger partial charge on any atom is 0.337 e. The molecule has 2 aromatic heterocycles. The SMILES string of the molecule is Cc1nc(CCn2cc(C(=O)O)ccc2=O)no1. The molecule has 0 atom stereocenters. The van der Waals surface area contributed by atoms with Gasteiger partial charge in [0.2, 0.25) is 5.89 Å². The molecule has 0 unspecified atom stereocenters. The van der Waals surface area contributed by atoms with Gasteiger partial charge in [0.25, 0.3) is 5.56 Å². The van der Waals surface area contributed by atoms with E-state index in [0.29, 0.717) is 24.7 Å². The zero-order valence-corrected chi connectivity index (χ0v) is 9.66. The lowest BCUT2D eigenvalue weighted by atomic mass is 10.3. The van der Waals surface area contributed by atoms with Crippen LogP contribution in [0.3, 0.4) is 0 Å². The molecule has 1 N–H and O–H groups in total. The Labute approximate surface area is 102 Å². The monoisotopic (exact) mass is 249 g/mol. The number of aromatic carboxylic acids is 1. The van der Waals surface area contributed by atoms with Crippen molar-refractivity contribution in [3.63, 3.8) is 0 Å². The lowest BCUT2D eigenvalue weighted by Gasteiger charge is -2.04. The number of pyridine rings is 1. The van der Waals surface area contributed by atoms with Crippen LogP contribution in [0.4, 0.5) is 0 Å². The molecule has 0 saturated heterocycles. The maximum absolute atomic E-state index is 11.5. The second kappa shape index (κ2) is 4.82. The first-order chi connectivity index (χ1) is 8.56. The highest BCUT2D eigenvalue weighted by atomic mass is 16.5. The Balaban J connectivity index is 2.16. The van der Waals surface area contributed by atoms with Gasteiger partial charge in [-0.1, -0.05) is 5.16 Å². The first-order valence-corrected chi connectivity index (χ1v) is 5.29. The molecule has 0 amide bonds. The molecule has 0 radical (unpaired) electrons. The second-order valence-electron chi connectivity index (χ2n) is 3.73.